The SMILES string of the molecule is O=C(COc1cccc([C@H]2c3sc(=O)[nH]c3SC3C4CC(C5C(=O)N(c6ccc(F)cc6)C(=O)C45)C32)c1)Nc1cccc(C(F)(F)F)c1. The summed E-state index contributed by atoms with van der Waals surface area (Å²) in [5, 5.41) is 3.11. The second-order valence-electron chi connectivity index (χ2n) is 12.4. The number of rotatable bonds is 6. The van der Waals surface area contributed by atoms with Crippen LogP contribution in [0.3, 0.4) is 0 Å². The number of anilines is 2. The lowest BCUT2D eigenvalue weighted by atomic mass is 9.68. The van der Waals surface area contributed by atoms with E-state index in [0.717, 1.165) is 38.9 Å². The zero-order valence-corrected chi connectivity index (χ0v) is 26.3. The summed E-state index contributed by atoms with van der Waals surface area (Å²) in [7, 11) is 0. The molecule has 8 nitrogen and oxygen atoms in total. The number of ether oxygens (including phenoxy) is 1. The van der Waals surface area contributed by atoms with Crippen molar-refractivity contribution in [2.24, 2.45) is 29.6 Å². The number of aromatic amines is 1. The summed E-state index contributed by atoms with van der Waals surface area (Å²) in [5.74, 6) is -2.98. The summed E-state index contributed by atoms with van der Waals surface area (Å²) >= 11 is 2.66. The molecule has 1 aromatic heterocycles. The second kappa shape index (κ2) is 11.3. The summed E-state index contributed by atoms with van der Waals surface area (Å²) in [5.41, 5.74) is 0.259. The summed E-state index contributed by atoms with van der Waals surface area (Å²) in [6, 6.07) is 16.7. The van der Waals surface area contributed by atoms with Gasteiger partial charge < -0.3 is 15.0 Å². The highest BCUT2D eigenvalue weighted by Crippen LogP contribution is 2.68. The van der Waals surface area contributed by atoms with Gasteiger partial charge in [0.25, 0.3) is 5.91 Å². The molecule has 2 aliphatic carbocycles. The van der Waals surface area contributed by atoms with Gasteiger partial charge in [-0.3, -0.25) is 24.1 Å². The number of aromatic nitrogens is 1. The number of fused-ring (bicyclic) bond motifs is 9. The fourth-order valence-corrected chi connectivity index (χ4v) is 11.0. The maximum absolute atomic E-state index is 13.9. The number of nitrogens with one attached hydrogen (secondary N) is 2. The van der Waals surface area contributed by atoms with Crippen LogP contribution in [-0.4, -0.2) is 34.6 Å². The number of carbonyl (C=O) groups excluding carboxylic acids is 3. The first-order valence-corrected chi connectivity index (χ1v) is 16.9. The number of benzene rings is 3. The highest BCUT2D eigenvalue weighted by molar-refractivity contribution is 8.00. The Labute approximate surface area is 278 Å². The Bertz CT molecular complexity index is 2030. The molecule has 3 aromatic carbocycles. The minimum atomic E-state index is -4.55. The number of hydrogen-bond donors (Lipinski definition) is 2. The molecule has 7 atom stereocenters. The van der Waals surface area contributed by atoms with Gasteiger partial charge in [-0.1, -0.05) is 29.5 Å². The van der Waals surface area contributed by atoms with Gasteiger partial charge in [0.15, 0.2) is 6.61 Å². The maximum Gasteiger partial charge on any atom is 0.416 e. The largest absolute Gasteiger partial charge is 0.484 e. The molecule has 14 heteroatoms. The van der Waals surface area contributed by atoms with Crippen molar-refractivity contribution < 1.29 is 36.7 Å². The highest BCUT2D eigenvalue weighted by Gasteiger charge is 2.69. The topological polar surface area (TPSA) is 109 Å². The third kappa shape index (κ3) is 5.04. The smallest absolute Gasteiger partial charge is 0.416 e. The van der Waals surface area contributed by atoms with Gasteiger partial charge in [0.05, 0.1) is 28.1 Å². The second-order valence-corrected chi connectivity index (χ2v) is 14.6. The van der Waals surface area contributed by atoms with Crippen LogP contribution < -0.4 is 19.8 Å². The third-order valence-corrected chi connectivity index (χ3v) is 12.5. The zero-order chi connectivity index (χ0) is 33.5. The van der Waals surface area contributed by atoms with E-state index in [1.165, 1.54) is 41.3 Å². The van der Waals surface area contributed by atoms with E-state index in [4.69, 9.17) is 4.74 Å². The van der Waals surface area contributed by atoms with E-state index in [-0.39, 0.29) is 51.3 Å². The average Bonchev–Trinajstić information content (AvgIpc) is 3.79. The Morgan fingerprint density at radius 3 is 2.44 bits per heavy atom. The first-order chi connectivity index (χ1) is 23.0. The number of imide groups is 1. The van der Waals surface area contributed by atoms with Crippen molar-refractivity contribution in [1.82, 2.24) is 4.98 Å². The van der Waals surface area contributed by atoms with Crippen LogP contribution in [0.2, 0.25) is 0 Å². The van der Waals surface area contributed by atoms with Gasteiger partial charge in [-0.25, -0.2) is 4.39 Å². The Balaban J connectivity index is 1.06. The van der Waals surface area contributed by atoms with Crippen LogP contribution in [0.4, 0.5) is 28.9 Å². The molecular formula is C34H25F4N3O5S2. The molecule has 3 fully saturated rings. The molecule has 2 saturated carbocycles. The first kappa shape index (κ1) is 30.9. The van der Waals surface area contributed by atoms with Crippen LogP contribution in [0.15, 0.2) is 82.6 Å². The van der Waals surface area contributed by atoms with Gasteiger partial charge in [0.1, 0.15) is 11.6 Å². The van der Waals surface area contributed by atoms with Gasteiger partial charge in [0.2, 0.25) is 11.8 Å². The quantitative estimate of drug-likeness (QED) is 0.181. The zero-order valence-electron chi connectivity index (χ0n) is 24.7. The number of thioether (sulfide) groups is 1. The standard InChI is InChI=1S/C34H25F4N3O5S2/c35-17-7-9-19(10-8-17)41-31(43)26-21-13-22(27(26)32(41)44)28-25(21)24(29-30(47-28)40-33(45)48-29)15-3-1-6-20(11-15)46-14-23(42)39-18-5-2-4-16(12-18)34(36,37)38/h1-12,21-22,24-28H,13-14H2,(H,39,42)(H,40,45)/t21?,22?,24-,25?,26?,27?,28?/m1/s1. The number of carbonyl (C=O) groups is 3. The number of alkyl halides is 3. The number of amides is 3. The van der Waals surface area contributed by atoms with E-state index in [1.807, 2.05) is 6.07 Å². The minimum absolute atomic E-state index is 0.0136. The molecule has 3 amide bonds. The number of thiazole rings is 1. The van der Waals surface area contributed by atoms with Gasteiger partial charge >= 0.3 is 11.0 Å². The van der Waals surface area contributed by atoms with E-state index >= 15 is 0 Å². The molecule has 4 aliphatic rings. The Kier molecular flexibility index (Phi) is 7.29. The van der Waals surface area contributed by atoms with Gasteiger partial charge in [-0.15, -0.1) is 11.8 Å². The summed E-state index contributed by atoms with van der Waals surface area (Å²) in [4.78, 5) is 57.6. The van der Waals surface area contributed by atoms with Crippen LogP contribution in [0.5, 0.6) is 5.75 Å². The number of nitrogens with zero attached hydrogens (tertiary/aromatic N) is 1. The predicted molar refractivity (Wildman–Crippen MR) is 169 cm³/mol. The van der Waals surface area contributed by atoms with Crippen molar-refractivity contribution in [2.75, 3.05) is 16.8 Å². The van der Waals surface area contributed by atoms with E-state index in [9.17, 15) is 36.7 Å². The summed E-state index contributed by atoms with van der Waals surface area (Å²) in [6.45, 7) is -0.459. The Hall–Kier alpha value is -4.43. The highest BCUT2D eigenvalue weighted by atomic mass is 32.2. The van der Waals surface area contributed by atoms with Gasteiger partial charge in [-0.05, 0) is 84.3 Å². The van der Waals surface area contributed by atoms with E-state index in [1.54, 1.807) is 30.0 Å². The molecule has 3 heterocycles. The normalized spacial score (nSPS) is 27.1. The van der Waals surface area contributed by atoms with Crippen LogP contribution in [0.1, 0.15) is 28.3 Å². The molecular weight excluding hydrogens is 671 g/mol. The molecule has 2 bridgehead atoms. The minimum Gasteiger partial charge on any atom is -0.484 e. The molecule has 6 unspecified atom stereocenters. The molecule has 1 saturated heterocycles. The number of H-pyrrole nitrogens is 1. The van der Waals surface area contributed by atoms with Crippen molar-refractivity contribution >= 4 is 52.2 Å². The van der Waals surface area contributed by atoms with Crippen molar-refractivity contribution in [1.29, 1.82) is 0 Å². The lowest BCUT2D eigenvalue weighted by molar-refractivity contribution is -0.137. The van der Waals surface area contributed by atoms with E-state index in [0.29, 0.717) is 17.9 Å². The molecule has 246 valence electrons. The maximum atomic E-state index is 13.9. The molecule has 2 N–H and O–H groups in total. The fourth-order valence-electron chi connectivity index (χ4n) is 8.15. The van der Waals surface area contributed by atoms with Crippen LogP contribution >= 0.6 is 23.1 Å². The van der Waals surface area contributed by atoms with Crippen LogP contribution in [-0.2, 0) is 20.6 Å². The third-order valence-electron chi connectivity index (χ3n) is 9.87. The number of hydrogen-bond acceptors (Lipinski definition) is 7. The molecule has 2 aliphatic heterocycles. The Morgan fingerprint density at radius 2 is 1.69 bits per heavy atom. The monoisotopic (exact) mass is 695 g/mol. The fraction of sp³-hybridized carbons (Fsp3) is 0.294. The van der Waals surface area contributed by atoms with Crippen molar-refractivity contribution in [3.63, 3.8) is 0 Å². The van der Waals surface area contributed by atoms with Crippen LogP contribution in [0.25, 0.3) is 0 Å². The Morgan fingerprint density at radius 1 is 0.958 bits per heavy atom. The predicted octanol–water partition coefficient (Wildman–Crippen LogP) is 6.29. The van der Waals surface area contributed by atoms with Crippen LogP contribution in [0, 0.1) is 35.4 Å². The van der Waals surface area contributed by atoms with E-state index < -0.39 is 41.9 Å². The van der Waals surface area contributed by atoms with E-state index in [2.05, 4.69) is 10.3 Å². The lowest BCUT2D eigenvalue weighted by Crippen LogP contribution is -2.42. The summed E-state index contributed by atoms with van der Waals surface area (Å²) in [6.07, 6.45) is -3.86. The van der Waals surface area contributed by atoms with Gasteiger partial charge in [0, 0.05) is 21.7 Å². The lowest BCUT2D eigenvalue weighted by Gasteiger charge is -2.43. The van der Waals surface area contributed by atoms with Gasteiger partial charge in [-0.2, -0.15) is 13.2 Å². The number of halogens is 4. The van der Waals surface area contributed by atoms with Crippen molar-refractivity contribution in [2.45, 2.75) is 28.8 Å². The molecule has 48 heavy (non-hydrogen) atoms. The van der Waals surface area contributed by atoms with Crippen molar-refractivity contribution in [3.05, 3.63) is 104 Å². The van der Waals surface area contributed by atoms with Crippen molar-refractivity contribution in [3.8, 4) is 5.75 Å². The molecule has 8 rings (SSSR count). The molecule has 0 spiro atoms. The first-order valence-electron chi connectivity index (χ1n) is 15.2. The molecule has 0 radical (unpaired) electrons. The summed E-state index contributed by atoms with van der Waals surface area (Å²) < 4.78 is 58.7. The molecule has 4 aromatic rings. The average molecular weight is 696 g/mol.